The van der Waals surface area contributed by atoms with Crippen LogP contribution in [-0.2, 0) is 19.1 Å². The summed E-state index contributed by atoms with van der Waals surface area (Å²) in [4.78, 5) is 61.0. The number of nitrogens with zero attached hydrogens (tertiary/aromatic N) is 1. The molecular formula is C19H23N3O6. The Hall–Kier alpha value is -3.23. The minimum Gasteiger partial charge on any atom is -0.451 e. The Balaban J connectivity index is 1.97. The van der Waals surface area contributed by atoms with Crippen molar-refractivity contribution in [3.05, 3.63) is 29.8 Å². The molecule has 0 radical (unpaired) electrons. The second kappa shape index (κ2) is 8.20. The molecule has 4 amide bonds. The lowest BCUT2D eigenvalue weighted by molar-refractivity contribution is -0.155. The van der Waals surface area contributed by atoms with Crippen molar-refractivity contribution in [3.63, 3.8) is 0 Å². The molecule has 1 aliphatic rings. The number of carbonyl (C=O) groups excluding carboxylic acids is 5. The van der Waals surface area contributed by atoms with E-state index in [2.05, 4.69) is 10.6 Å². The van der Waals surface area contributed by atoms with Crippen molar-refractivity contribution in [3.8, 4) is 0 Å². The Kier molecular flexibility index (Phi) is 6.17. The van der Waals surface area contributed by atoms with Crippen molar-refractivity contribution in [2.75, 3.05) is 11.9 Å². The number of rotatable bonds is 7. The smallest absolute Gasteiger partial charge is 0.327 e. The normalized spacial score (nSPS) is 19.8. The van der Waals surface area contributed by atoms with Crippen LogP contribution in [0, 0.1) is 0 Å². The van der Waals surface area contributed by atoms with E-state index in [-0.39, 0.29) is 5.78 Å². The highest BCUT2D eigenvalue weighted by atomic mass is 16.5. The van der Waals surface area contributed by atoms with Gasteiger partial charge in [-0.1, -0.05) is 19.1 Å². The molecule has 2 atom stereocenters. The van der Waals surface area contributed by atoms with Crippen LogP contribution in [0.1, 0.15) is 44.5 Å². The van der Waals surface area contributed by atoms with Crippen LogP contribution in [0.2, 0.25) is 0 Å². The molecule has 0 bridgehead atoms. The van der Waals surface area contributed by atoms with Gasteiger partial charge in [-0.3, -0.25) is 24.1 Å². The molecule has 9 heteroatoms. The molecule has 0 spiro atoms. The fourth-order valence-corrected chi connectivity index (χ4v) is 2.68. The standard InChI is InChI=1S/C19H23N3O6/c1-5-19(4)17(26)22(18(27)21-19)10-15(24)28-12(3)16(25)20-14-9-7-6-8-13(14)11(2)23/h6-9,12H,5,10H2,1-4H3,(H,20,25)(H,21,27)/t12-,19+/m1/s1. The largest absolute Gasteiger partial charge is 0.451 e. The van der Waals surface area contributed by atoms with Crippen LogP contribution in [0.15, 0.2) is 24.3 Å². The van der Waals surface area contributed by atoms with Crippen LogP contribution in [0.5, 0.6) is 0 Å². The number of carbonyl (C=O) groups is 5. The number of benzene rings is 1. The van der Waals surface area contributed by atoms with Gasteiger partial charge >= 0.3 is 12.0 Å². The first kappa shape index (κ1) is 21.1. The van der Waals surface area contributed by atoms with Gasteiger partial charge in [-0.05, 0) is 39.3 Å². The van der Waals surface area contributed by atoms with Gasteiger partial charge in [0.15, 0.2) is 11.9 Å². The number of imide groups is 1. The zero-order valence-corrected chi connectivity index (χ0v) is 16.2. The molecule has 0 saturated carbocycles. The van der Waals surface area contributed by atoms with Gasteiger partial charge in [0.2, 0.25) is 0 Å². The number of ether oxygens (including phenoxy) is 1. The lowest BCUT2D eigenvalue weighted by atomic mass is 9.99. The van der Waals surface area contributed by atoms with Gasteiger partial charge in [-0.2, -0.15) is 0 Å². The first-order valence-corrected chi connectivity index (χ1v) is 8.83. The van der Waals surface area contributed by atoms with E-state index in [0.29, 0.717) is 17.7 Å². The summed E-state index contributed by atoms with van der Waals surface area (Å²) in [6.45, 7) is 5.44. The van der Waals surface area contributed by atoms with Crippen LogP contribution in [0.25, 0.3) is 0 Å². The molecule has 1 aliphatic heterocycles. The van der Waals surface area contributed by atoms with Gasteiger partial charge in [0.05, 0.1) is 5.69 Å². The number of hydrogen-bond donors (Lipinski definition) is 2. The highest BCUT2D eigenvalue weighted by Gasteiger charge is 2.47. The van der Waals surface area contributed by atoms with E-state index >= 15 is 0 Å². The maximum absolute atomic E-state index is 12.3. The summed E-state index contributed by atoms with van der Waals surface area (Å²) < 4.78 is 5.04. The van der Waals surface area contributed by atoms with Gasteiger partial charge in [-0.25, -0.2) is 4.79 Å². The number of anilines is 1. The quantitative estimate of drug-likeness (QED) is 0.414. The van der Waals surface area contributed by atoms with E-state index < -0.39 is 42.0 Å². The summed E-state index contributed by atoms with van der Waals surface area (Å²) in [6, 6.07) is 5.76. The number of para-hydroxylation sites is 1. The average Bonchev–Trinajstić information content (AvgIpc) is 2.85. The predicted molar refractivity (Wildman–Crippen MR) is 99.6 cm³/mol. The zero-order valence-electron chi connectivity index (χ0n) is 16.2. The van der Waals surface area contributed by atoms with Gasteiger partial charge in [0.25, 0.3) is 11.8 Å². The number of nitrogens with one attached hydrogen (secondary N) is 2. The number of hydrogen-bond acceptors (Lipinski definition) is 6. The minimum atomic E-state index is -1.19. The number of esters is 1. The Bertz CT molecular complexity index is 837. The summed E-state index contributed by atoms with van der Waals surface area (Å²) in [5.41, 5.74) is -0.431. The summed E-state index contributed by atoms with van der Waals surface area (Å²) in [5, 5.41) is 5.06. The molecule has 2 N–H and O–H groups in total. The SMILES string of the molecule is CC[C@]1(C)NC(=O)N(CC(=O)O[C@H](C)C(=O)Nc2ccccc2C(C)=O)C1=O. The maximum Gasteiger partial charge on any atom is 0.327 e. The molecule has 1 aromatic carbocycles. The Morgan fingerprint density at radius 1 is 1.25 bits per heavy atom. The Morgan fingerprint density at radius 3 is 2.46 bits per heavy atom. The number of amides is 4. The van der Waals surface area contributed by atoms with Crippen LogP contribution < -0.4 is 10.6 Å². The molecule has 1 heterocycles. The van der Waals surface area contributed by atoms with Gasteiger partial charge in [0, 0.05) is 5.56 Å². The van der Waals surface area contributed by atoms with E-state index in [1.165, 1.54) is 13.8 Å². The summed E-state index contributed by atoms with van der Waals surface area (Å²) in [5.74, 6) is -2.29. The summed E-state index contributed by atoms with van der Waals surface area (Å²) in [7, 11) is 0. The molecule has 0 aliphatic carbocycles. The monoisotopic (exact) mass is 389 g/mol. The summed E-state index contributed by atoms with van der Waals surface area (Å²) in [6.07, 6.45) is -0.817. The molecule has 1 aromatic rings. The van der Waals surface area contributed by atoms with Crippen molar-refractivity contribution in [1.82, 2.24) is 10.2 Å². The van der Waals surface area contributed by atoms with Crippen LogP contribution >= 0.6 is 0 Å². The third kappa shape index (κ3) is 4.36. The highest BCUT2D eigenvalue weighted by molar-refractivity contribution is 6.08. The number of urea groups is 1. The number of ketones is 1. The molecule has 1 fully saturated rings. The minimum absolute atomic E-state index is 0.224. The molecule has 2 rings (SSSR count). The molecule has 0 aromatic heterocycles. The predicted octanol–water partition coefficient (Wildman–Crippen LogP) is 1.48. The molecule has 0 unspecified atom stereocenters. The van der Waals surface area contributed by atoms with Gasteiger partial charge < -0.3 is 15.4 Å². The summed E-state index contributed by atoms with van der Waals surface area (Å²) >= 11 is 0. The second-order valence-electron chi connectivity index (χ2n) is 6.73. The fourth-order valence-electron chi connectivity index (χ4n) is 2.68. The second-order valence-corrected chi connectivity index (χ2v) is 6.73. The van der Waals surface area contributed by atoms with E-state index in [0.717, 1.165) is 4.90 Å². The maximum atomic E-state index is 12.3. The van der Waals surface area contributed by atoms with Crippen molar-refractivity contribution in [2.45, 2.75) is 45.8 Å². The Labute approximate surface area is 162 Å². The van der Waals surface area contributed by atoms with Gasteiger partial charge in [-0.15, -0.1) is 0 Å². The molecule has 9 nitrogen and oxygen atoms in total. The van der Waals surface area contributed by atoms with E-state index in [4.69, 9.17) is 4.74 Å². The van der Waals surface area contributed by atoms with Gasteiger partial charge in [0.1, 0.15) is 12.1 Å². The molecule has 1 saturated heterocycles. The lowest BCUT2D eigenvalue weighted by Gasteiger charge is -2.19. The third-order valence-corrected chi connectivity index (χ3v) is 4.58. The van der Waals surface area contributed by atoms with Crippen molar-refractivity contribution < 1.29 is 28.7 Å². The zero-order chi connectivity index (χ0) is 21.1. The number of Topliss-reactive ketones (excluding diaryl/α,β-unsaturated/α-hetero) is 1. The van der Waals surface area contributed by atoms with Crippen LogP contribution in [-0.4, -0.2) is 52.7 Å². The lowest BCUT2D eigenvalue weighted by Crippen LogP contribution is -2.44. The molecule has 150 valence electrons. The average molecular weight is 389 g/mol. The van der Waals surface area contributed by atoms with E-state index in [9.17, 15) is 24.0 Å². The first-order chi connectivity index (χ1) is 13.1. The van der Waals surface area contributed by atoms with E-state index in [1.54, 1.807) is 38.1 Å². The van der Waals surface area contributed by atoms with E-state index in [1.807, 2.05) is 0 Å². The third-order valence-electron chi connectivity index (χ3n) is 4.58. The van der Waals surface area contributed by atoms with Crippen molar-refractivity contribution in [1.29, 1.82) is 0 Å². The molecular weight excluding hydrogens is 366 g/mol. The topological polar surface area (TPSA) is 122 Å². The van der Waals surface area contributed by atoms with Crippen molar-refractivity contribution in [2.24, 2.45) is 0 Å². The first-order valence-electron chi connectivity index (χ1n) is 8.83. The highest BCUT2D eigenvalue weighted by Crippen LogP contribution is 2.21. The Morgan fingerprint density at radius 2 is 1.89 bits per heavy atom. The van der Waals surface area contributed by atoms with Crippen LogP contribution in [0.3, 0.4) is 0 Å². The molecule has 28 heavy (non-hydrogen) atoms. The van der Waals surface area contributed by atoms with Crippen molar-refractivity contribution >= 4 is 35.3 Å². The van der Waals surface area contributed by atoms with Crippen LogP contribution in [0.4, 0.5) is 10.5 Å². The fraction of sp³-hybridized carbons (Fsp3) is 0.421.